The predicted molar refractivity (Wildman–Crippen MR) is 71.8 cm³/mol. The third-order valence-corrected chi connectivity index (χ3v) is 4.20. The molecule has 2 aliphatic rings. The summed E-state index contributed by atoms with van der Waals surface area (Å²) >= 11 is 0. The molecule has 0 spiro atoms. The average Bonchev–Trinajstić information content (AvgIpc) is 2.96. The van der Waals surface area contributed by atoms with Crippen molar-refractivity contribution in [3.05, 3.63) is 11.7 Å². The van der Waals surface area contributed by atoms with Gasteiger partial charge in [0.1, 0.15) is 0 Å². The van der Waals surface area contributed by atoms with E-state index in [0.717, 1.165) is 36.9 Å². The molecule has 102 valence electrons. The molecule has 0 aromatic carbocycles. The molecule has 2 aliphatic carbocycles. The molecule has 0 amide bonds. The highest BCUT2D eigenvalue weighted by atomic mass is 35.5. The van der Waals surface area contributed by atoms with Crippen LogP contribution in [0.5, 0.6) is 0 Å². The van der Waals surface area contributed by atoms with Gasteiger partial charge in [0.2, 0.25) is 5.89 Å². The molecule has 2 N–H and O–H groups in total. The molecule has 2 unspecified atom stereocenters. The van der Waals surface area contributed by atoms with E-state index >= 15 is 0 Å². The summed E-state index contributed by atoms with van der Waals surface area (Å²) in [6, 6.07) is 0. The quantitative estimate of drug-likeness (QED) is 0.918. The van der Waals surface area contributed by atoms with Crippen LogP contribution in [0.4, 0.5) is 0 Å². The highest BCUT2D eigenvalue weighted by Gasteiger charge is 2.37. The lowest BCUT2D eigenvalue weighted by atomic mass is 9.74. The Bertz CT molecular complexity index is 401. The van der Waals surface area contributed by atoms with Gasteiger partial charge in [0.05, 0.1) is 5.92 Å². The maximum Gasteiger partial charge on any atom is 0.231 e. The second-order valence-electron chi connectivity index (χ2n) is 6.00. The summed E-state index contributed by atoms with van der Waals surface area (Å²) in [5, 5.41) is 4.10. The van der Waals surface area contributed by atoms with E-state index in [0.29, 0.717) is 0 Å². The Kier molecular flexibility index (Phi) is 3.97. The molecular formula is C13H22ClN3O. The van der Waals surface area contributed by atoms with Crippen LogP contribution in [0.2, 0.25) is 0 Å². The molecule has 0 saturated heterocycles. The Morgan fingerprint density at radius 3 is 2.78 bits per heavy atom. The summed E-state index contributed by atoms with van der Waals surface area (Å²) in [5.74, 6) is 2.70. The molecule has 4 nitrogen and oxygen atoms in total. The summed E-state index contributed by atoms with van der Waals surface area (Å²) in [6.07, 6.45) is 8.20. The first-order chi connectivity index (χ1) is 8.15. The fraction of sp³-hybridized carbons (Fsp3) is 0.846. The van der Waals surface area contributed by atoms with Crippen LogP contribution >= 0.6 is 12.4 Å². The van der Waals surface area contributed by atoms with E-state index in [2.05, 4.69) is 17.1 Å². The van der Waals surface area contributed by atoms with Crippen molar-refractivity contribution in [1.82, 2.24) is 10.1 Å². The number of nitrogens with zero attached hydrogens (tertiary/aromatic N) is 2. The number of hydrogen-bond donors (Lipinski definition) is 1. The van der Waals surface area contributed by atoms with E-state index in [9.17, 15) is 0 Å². The van der Waals surface area contributed by atoms with Crippen LogP contribution in [0.25, 0.3) is 0 Å². The lowest BCUT2D eigenvalue weighted by Crippen LogP contribution is -2.44. The van der Waals surface area contributed by atoms with Gasteiger partial charge in [0.15, 0.2) is 5.82 Å². The monoisotopic (exact) mass is 271 g/mol. The molecule has 3 rings (SSSR count). The Morgan fingerprint density at radius 2 is 2.11 bits per heavy atom. The van der Waals surface area contributed by atoms with E-state index in [1.165, 1.54) is 25.7 Å². The van der Waals surface area contributed by atoms with Crippen molar-refractivity contribution >= 4 is 12.4 Å². The van der Waals surface area contributed by atoms with Gasteiger partial charge in [0, 0.05) is 12.0 Å². The zero-order valence-corrected chi connectivity index (χ0v) is 11.7. The standard InChI is InChI=1S/C13H21N3O.ClH/c1-13(14)7-3-2-4-10(13)12-15-11(16-17-12)8-9-5-6-9;/h9-10H,2-8,14H2,1H3;1H. The summed E-state index contributed by atoms with van der Waals surface area (Å²) in [6.45, 7) is 2.11. The minimum Gasteiger partial charge on any atom is -0.339 e. The molecule has 2 saturated carbocycles. The molecule has 1 aromatic rings. The van der Waals surface area contributed by atoms with Crippen LogP contribution in [0.3, 0.4) is 0 Å². The van der Waals surface area contributed by atoms with Gasteiger partial charge in [-0.25, -0.2) is 0 Å². The van der Waals surface area contributed by atoms with Gasteiger partial charge in [-0.15, -0.1) is 12.4 Å². The van der Waals surface area contributed by atoms with Gasteiger partial charge >= 0.3 is 0 Å². The van der Waals surface area contributed by atoms with Crippen molar-refractivity contribution in [1.29, 1.82) is 0 Å². The second-order valence-corrected chi connectivity index (χ2v) is 6.00. The minimum absolute atomic E-state index is 0. The molecular weight excluding hydrogens is 250 g/mol. The van der Waals surface area contributed by atoms with Crippen molar-refractivity contribution in [3.8, 4) is 0 Å². The van der Waals surface area contributed by atoms with Crippen molar-refractivity contribution in [2.24, 2.45) is 11.7 Å². The Balaban J connectivity index is 0.00000120. The van der Waals surface area contributed by atoms with Gasteiger partial charge in [-0.1, -0.05) is 18.0 Å². The van der Waals surface area contributed by atoms with E-state index in [4.69, 9.17) is 10.3 Å². The van der Waals surface area contributed by atoms with E-state index in [1.54, 1.807) is 0 Å². The minimum atomic E-state index is -0.179. The average molecular weight is 272 g/mol. The van der Waals surface area contributed by atoms with Gasteiger partial charge in [-0.3, -0.25) is 0 Å². The summed E-state index contributed by atoms with van der Waals surface area (Å²) < 4.78 is 5.43. The molecule has 1 aromatic heterocycles. The molecule has 2 atom stereocenters. The van der Waals surface area contributed by atoms with Crippen LogP contribution in [-0.4, -0.2) is 15.7 Å². The topological polar surface area (TPSA) is 64.9 Å². The summed E-state index contributed by atoms with van der Waals surface area (Å²) in [4.78, 5) is 4.55. The Labute approximate surface area is 114 Å². The van der Waals surface area contributed by atoms with Gasteiger partial charge in [-0.05, 0) is 38.5 Å². The molecule has 0 radical (unpaired) electrons. The maximum atomic E-state index is 6.35. The number of halogens is 1. The van der Waals surface area contributed by atoms with E-state index in [-0.39, 0.29) is 23.9 Å². The van der Waals surface area contributed by atoms with Gasteiger partial charge in [0.25, 0.3) is 0 Å². The number of rotatable bonds is 3. The fourth-order valence-corrected chi connectivity index (χ4v) is 2.84. The first-order valence-corrected chi connectivity index (χ1v) is 6.76. The van der Waals surface area contributed by atoms with Crippen LogP contribution in [0.15, 0.2) is 4.52 Å². The smallest absolute Gasteiger partial charge is 0.231 e. The number of nitrogens with two attached hydrogens (primary N) is 1. The SMILES string of the molecule is CC1(N)CCCCC1c1nc(CC2CC2)no1.Cl. The van der Waals surface area contributed by atoms with Gasteiger partial charge < -0.3 is 10.3 Å². The van der Waals surface area contributed by atoms with Gasteiger partial charge in [-0.2, -0.15) is 4.98 Å². The molecule has 0 aliphatic heterocycles. The lowest BCUT2D eigenvalue weighted by molar-refractivity contribution is 0.222. The normalized spacial score (nSPS) is 32.0. The number of aromatic nitrogens is 2. The van der Waals surface area contributed by atoms with Crippen molar-refractivity contribution in [2.75, 3.05) is 0 Å². The second kappa shape index (κ2) is 5.17. The van der Waals surface area contributed by atoms with E-state index in [1.807, 2.05) is 0 Å². The fourth-order valence-electron chi connectivity index (χ4n) is 2.84. The van der Waals surface area contributed by atoms with Crippen molar-refractivity contribution in [2.45, 2.75) is 63.3 Å². The highest BCUT2D eigenvalue weighted by Crippen LogP contribution is 2.38. The predicted octanol–water partition coefficient (Wildman–Crippen LogP) is 2.82. The third kappa shape index (κ3) is 2.86. The largest absolute Gasteiger partial charge is 0.339 e. The van der Waals surface area contributed by atoms with Crippen molar-refractivity contribution in [3.63, 3.8) is 0 Å². The molecule has 2 fully saturated rings. The summed E-state index contributed by atoms with van der Waals surface area (Å²) in [5.41, 5.74) is 6.17. The first-order valence-electron chi connectivity index (χ1n) is 6.76. The molecule has 0 bridgehead atoms. The van der Waals surface area contributed by atoms with Crippen molar-refractivity contribution < 1.29 is 4.52 Å². The molecule has 5 heteroatoms. The first kappa shape index (κ1) is 13.8. The van der Waals surface area contributed by atoms with Crippen LogP contribution in [0, 0.1) is 5.92 Å². The maximum absolute atomic E-state index is 6.35. The zero-order valence-electron chi connectivity index (χ0n) is 10.9. The Hall–Kier alpha value is -0.610. The number of hydrogen-bond acceptors (Lipinski definition) is 4. The highest BCUT2D eigenvalue weighted by molar-refractivity contribution is 5.85. The van der Waals surface area contributed by atoms with Crippen LogP contribution in [-0.2, 0) is 6.42 Å². The Morgan fingerprint density at radius 1 is 1.33 bits per heavy atom. The zero-order chi connectivity index (χ0) is 11.9. The van der Waals surface area contributed by atoms with E-state index < -0.39 is 0 Å². The van der Waals surface area contributed by atoms with Crippen LogP contribution < -0.4 is 5.73 Å². The summed E-state index contributed by atoms with van der Waals surface area (Å²) in [7, 11) is 0. The van der Waals surface area contributed by atoms with Crippen LogP contribution in [0.1, 0.15) is 63.1 Å². The lowest BCUT2D eigenvalue weighted by Gasteiger charge is -2.35. The molecule has 1 heterocycles. The molecule has 18 heavy (non-hydrogen) atoms. The third-order valence-electron chi connectivity index (χ3n) is 4.20.